The van der Waals surface area contributed by atoms with Gasteiger partial charge in [0.25, 0.3) is 0 Å². The predicted octanol–water partition coefficient (Wildman–Crippen LogP) is 6.03. The second-order valence-electron chi connectivity index (χ2n) is 10.5. The van der Waals surface area contributed by atoms with E-state index in [9.17, 15) is 5.11 Å². The second-order valence-corrected chi connectivity index (χ2v) is 15.2. The lowest BCUT2D eigenvalue weighted by atomic mass is 9.62. The fourth-order valence-electron chi connectivity index (χ4n) is 4.77. The molecular formula is C27H34O3Si. The van der Waals surface area contributed by atoms with Gasteiger partial charge in [0.05, 0.1) is 5.41 Å². The Labute approximate surface area is 187 Å². The van der Waals surface area contributed by atoms with Gasteiger partial charge < -0.3 is 14.6 Å². The molecule has 1 N–H and O–H groups in total. The van der Waals surface area contributed by atoms with E-state index in [1.54, 1.807) is 0 Å². The third-order valence-corrected chi connectivity index (χ3v) is 7.72. The van der Waals surface area contributed by atoms with Crippen LogP contribution in [0.5, 0.6) is 0 Å². The summed E-state index contributed by atoms with van der Waals surface area (Å²) in [5.74, 6) is 2.39. The standard InChI is InChI=1S/C27H34O3Si/c1-25(2)26(28,19-20-31(3,4)5)17-12-18-27(25)29-23(21-13-8-6-9-14-21)24(30-27)22-15-10-7-11-16-22/h6-11,13-16,23-24,28H,12,17-18H2,1-5H3. The molecule has 2 aliphatic rings. The van der Waals surface area contributed by atoms with Crippen LogP contribution in [-0.4, -0.2) is 24.6 Å². The fraction of sp³-hybridized carbons (Fsp3) is 0.481. The van der Waals surface area contributed by atoms with Crippen LogP contribution in [-0.2, 0) is 9.47 Å². The second kappa shape index (κ2) is 7.90. The zero-order valence-corrected chi connectivity index (χ0v) is 20.3. The van der Waals surface area contributed by atoms with E-state index < -0.39 is 24.9 Å². The van der Waals surface area contributed by atoms with Crippen molar-refractivity contribution < 1.29 is 14.6 Å². The van der Waals surface area contributed by atoms with Crippen molar-refractivity contribution in [3.63, 3.8) is 0 Å². The van der Waals surface area contributed by atoms with Gasteiger partial charge in [-0.1, -0.05) is 100 Å². The van der Waals surface area contributed by atoms with Gasteiger partial charge in [-0.2, -0.15) is 0 Å². The minimum Gasteiger partial charge on any atom is -0.377 e. The minimum atomic E-state index is -1.64. The average molecular weight is 435 g/mol. The first kappa shape index (κ1) is 22.3. The zero-order valence-electron chi connectivity index (χ0n) is 19.3. The van der Waals surface area contributed by atoms with E-state index in [2.05, 4.69) is 69.2 Å². The van der Waals surface area contributed by atoms with Crippen LogP contribution in [0.3, 0.4) is 0 Å². The van der Waals surface area contributed by atoms with E-state index >= 15 is 0 Å². The maximum atomic E-state index is 11.8. The summed E-state index contributed by atoms with van der Waals surface area (Å²) in [4.78, 5) is 0. The van der Waals surface area contributed by atoms with E-state index in [-0.39, 0.29) is 12.2 Å². The lowest BCUT2D eigenvalue weighted by molar-refractivity contribution is -0.299. The highest BCUT2D eigenvalue weighted by Gasteiger charge is 2.65. The van der Waals surface area contributed by atoms with Gasteiger partial charge in [0.1, 0.15) is 25.9 Å². The van der Waals surface area contributed by atoms with Crippen molar-refractivity contribution in [2.24, 2.45) is 5.41 Å². The number of ether oxygens (including phenoxy) is 2. The highest BCUT2D eigenvalue weighted by atomic mass is 28.3. The molecule has 3 unspecified atom stereocenters. The van der Waals surface area contributed by atoms with Gasteiger partial charge in [0.2, 0.25) is 0 Å². The largest absolute Gasteiger partial charge is 0.377 e. The van der Waals surface area contributed by atoms with Crippen molar-refractivity contribution >= 4 is 8.07 Å². The van der Waals surface area contributed by atoms with E-state index in [1.807, 2.05) is 36.4 Å². The molecule has 1 heterocycles. The first-order valence-corrected chi connectivity index (χ1v) is 14.8. The summed E-state index contributed by atoms with van der Waals surface area (Å²) in [6.07, 6.45) is 1.70. The molecule has 0 amide bonds. The molecule has 1 saturated carbocycles. The molecular weight excluding hydrogens is 400 g/mol. The maximum Gasteiger partial charge on any atom is 0.178 e. The first-order valence-electron chi connectivity index (χ1n) is 11.3. The Morgan fingerprint density at radius 1 is 0.839 bits per heavy atom. The summed E-state index contributed by atoms with van der Waals surface area (Å²) in [5, 5.41) is 11.8. The summed E-state index contributed by atoms with van der Waals surface area (Å²) in [6, 6.07) is 20.5. The maximum absolute atomic E-state index is 11.8. The van der Waals surface area contributed by atoms with Crippen LogP contribution in [0, 0.1) is 16.9 Å². The quantitative estimate of drug-likeness (QED) is 0.463. The molecule has 1 spiro atoms. The zero-order chi connectivity index (χ0) is 22.3. The van der Waals surface area contributed by atoms with Gasteiger partial charge >= 0.3 is 0 Å². The summed E-state index contributed by atoms with van der Waals surface area (Å²) in [5.41, 5.74) is 3.74. The molecule has 4 rings (SSSR count). The van der Waals surface area contributed by atoms with Crippen LogP contribution >= 0.6 is 0 Å². The van der Waals surface area contributed by atoms with Crippen LogP contribution in [0.2, 0.25) is 19.6 Å². The monoisotopic (exact) mass is 434 g/mol. The highest BCUT2D eigenvalue weighted by Crippen LogP contribution is 2.61. The lowest BCUT2D eigenvalue weighted by Gasteiger charge is -2.53. The Bertz CT molecular complexity index is 921. The van der Waals surface area contributed by atoms with Crippen LogP contribution in [0.15, 0.2) is 60.7 Å². The van der Waals surface area contributed by atoms with E-state index in [4.69, 9.17) is 9.47 Å². The molecule has 3 nitrogen and oxygen atoms in total. The number of hydrogen-bond acceptors (Lipinski definition) is 3. The predicted molar refractivity (Wildman–Crippen MR) is 127 cm³/mol. The molecule has 1 aliphatic carbocycles. The lowest BCUT2D eigenvalue weighted by Crippen LogP contribution is -2.62. The molecule has 0 bridgehead atoms. The third kappa shape index (κ3) is 4.01. The van der Waals surface area contributed by atoms with Crippen LogP contribution in [0.1, 0.15) is 56.4 Å². The molecule has 2 fully saturated rings. The van der Waals surface area contributed by atoms with Crippen LogP contribution in [0.4, 0.5) is 0 Å². The normalized spacial score (nSPS) is 32.5. The van der Waals surface area contributed by atoms with Crippen LogP contribution < -0.4 is 0 Å². The molecule has 1 saturated heterocycles. The van der Waals surface area contributed by atoms with Gasteiger partial charge in [-0.25, -0.2) is 0 Å². The molecule has 2 aromatic carbocycles. The summed E-state index contributed by atoms with van der Waals surface area (Å²) in [6.45, 7) is 10.7. The Hall–Kier alpha value is -1.90. The van der Waals surface area contributed by atoms with Gasteiger partial charge in [0, 0.05) is 6.42 Å². The fourth-order valence-corrected chi connectivity index (χ4v) is 5.35. The van der Waals surface area contributed by atoms with Crippen LogP contribution in [0.25, 0.3) is 0 Å². The van der Waals surface area contributed by atoms with E-state index in [0.717, 1.165) is 24.0 Å². The molecule has 1 aliphatic heterocycles. The number of hydrogen-bond donors (Lipinski definition) is 1. The Balaban J connectivity index is 1.78. The van der Waals surface area contributed by atoms with Crippen molar-refractivity contribution in [1.29, 1.82) is 0 Å². The first-order chi connectivity index (χ1) is 14.6. The Morgan fingerprint density at radius 2 is 1.32 bits per heavy atom. The topological polar surface area (TPSA) is 38.7 Å². The van der Waals surface area contributed by atoms with Crippen molar-refractivity contribution in [2.45, 2.75) is 76.3 Å². The van der Waals surface area contributed by atoms with E-state index in [0.29, 0.717) is 6.42 Å². The van der Waals surface area contributed by atoms with Crippen molar-refractivity contribution in [1.82, 2.24) is 0 Å². The highest BCUT2D eigenvalue weighted by molar-refractivity contribution is 6.83. The minimum absolute atomic E-state index is 0.241. The number of benzene rings is 2. The van der Waals surface area contributed by atoms with Gasteiger partial charge in [-0.15, -0.1) is 5.54 Å². The molecule has 4 heteroatoms. The Kier molecular flexibility index (Phi) is 5.68. The molecule has 2 aromatic rings. The molecule has 31 heavy (non-hydrogen) atoms. The average Bonchev–Trinajstić information content (AvgIpc) is 3.13. The summed E-state index contributed by atoms with van der Waals surface area (Å²) in [7, 11) is -1.64. The SMILES string of the molecule is CC1(C)C(O)(C#C[Si](C)(C)C)CCCC12OC(c1ccccc1)C(c1ccccc1)O2. The number of rotatable bonds is 2. The Morgan fingerprint density at radius 3 is 1.77 bits per heavy atom. The van der Waals surface area contributed by atoms with Crippen molar-refractivity contribution in [3.8, 4) is 11.5 Å². The van der Waals surface area contributed by atoms with Gasteiger partial charge in [0.15, 0.2) is 5.79 Å². The molecule has 0 aromatic heterocycles. The van der Waals surface area contributed by atoms with Gasteiger partial charge in [-0.05, 0) is 24.0 Å². The van der Waals surface area contributed by atoms with Crippen molar-refractivity contribution in [2.75, 3.05) is 0 Å². The van der Waals surface area contributed by atoms with E-state index in [1.165, 1.54) is 0 Å². The number of aliphatic hydroxyl groups is 1. The van der Waals surface area contributed by atoms with Crippen molar-refractivity contribution in [3.05, 3.63) is 71.8 Å². The molecule has 0 radical (unpaired) electrons. The van der Waals surface area contributed by atoms with Gasteiger partial charge in [-0.3, -0.25) is 0 Å². The third-order valence-electron chi connectivity index (χ3n) is 6.84. The molecule has 3 atom stereocenters. The molecule has 164 valence electrons. The smallest absolute Gasteiger partial charge is 0.178 e. The summed E-state index contributed by atoms with van der Waals surface area (Å²) >= 11 is 0. The summed E-state index contributed by atoms with van der Waals surface area (Å²) < 4.78 is 13.7.